The molecule has 0 aromatic carbocycles. The second-order valence-corrected chi connectivity index (χ2v) is 13.6. The molecule has 4 aliphatic carbocycles. The van der Waals surface area contributed by atoms with Gasteiger partial charge in [0.25, 0.3) is 0 Å². The summed E-state index contributed by atoms with van der Waals surface area (Å²) >= 11 is 0. The first-order valence-electron chi connectivity index (χ1n) is 15.2. The third kappa shape index (κ3) is 5.34. The summed E-state index contributed by atoms with van der Waals surface area (Å²) in [5.74, 6) is 5.53. The van der Waals surface area contributed by atoms with Gasteiger partial charge in [-0.3, -0.25) is 0 Å². The lowest BCUT2D eigenvalue weighted by molar-refractivity contribution is -0.0677. The Kier molecular flexibility index (Phi) is 8.93. The Balaban J connectivity index is 1.37. The Morgan fingerprint density at radius 3 is 2.53 bits per heavy atom. The Morgan fingerprint density at radius 2 is 1.76 bits per heavy atom. The van der Waals surface area contributed by atoms with Crippen molar-refractivity contribution in [3.63, 3.8) is 0 Å². The van der Waals surface area contributed by atoms with Gasteiger partial charge in [0.1, 0.15) is 0 Å². The largest absolute Gasteiger partial charge is 0.379 e. The molecule has 0 aliphatic heterocycles. The van der Waals surface area contributed by atoms with Crippen molar-refractivity contribution >= 4 is 0 Å². The fourth-order valence-corrected chi connectivity index (χ4v) is 9.31. The fraction of sp³-hybridized carbons (Fsp3) is 0.938. The summed E-state index contributed by atoms with van der Waals surface area (Å²) < 4.78 is 11.9. The Morgan fingerprint density at radius 1 is 0.941 bits per heavy atom. The molecule has 34 heavy (non-hydrogen) atoms. The van der Waals surface area contributed by atoms with Crippen molar-refractivity contribution in [3.05, 3.63) is 11.6 Å². The topological polar surface area (TPSA) is 18.5 Å². The van der Waals surface area contributed by atoms with Crippen LogP contribution in [0, 0.1) is 46.3 Å². The van der Waals surface area contributed by atoms with E-state index in [2.05, 4.69) is 47.6 Å². The SMILES string of the molecule is CCCOCCOC1CCC2(C)C(=CC[C@@H]3[C@@H]2CCC2(C)[C@@H]([C@H](C)CCCC(C)C)CC[C@@H]32)C1. The average Bonchev–Trinajstić information content (AvgIpc) is 3.16. The van der Waals surface area contributed by atoms with Crippen LogP contribution in [0.4, 0.5) is 0 Å². The summed E-state index contributed by atoms with van der Waals surface area (Å²) in [6.07, 6.45) is 19.5. The van der Waals surface area contributed by atoms with Gasteiger partial charge in [0, 0.05) is 6.61 Å². The first-order valence-corrected chi connectivity index (χ1v) is 15.2. The van der Waals surface area contributed by atoms with Crippen molar-refractivity contribution in [1.29, 1.82) is 0 Å². The molecule has 0 heterocycles. The van der Waals surface area contributed by atoms with E-state index in [-0.39, 0.29) is 0 Å². The van der Waals surface area contributed by atoms with E-state index in [9.17, 15) is 0 Å². The van der Waals surface area contributed by atoms with Crippen molar-refractivity contribution in [3.8, 4) is 0 Å². The third-order valence-electron chi connectivity index (χ3n) is 11.2. The first kappa shape index (κ1) is 26.7. The lowest BCUT2D eigenvalue weighted by Crippen LogP contribution is -2.51. The number of hydrogen-bond acceptors (Lipinski definition) is 2. The predicted octanol–water partition coefficient (Wildman–Crippen LogP) is 8.84. The van der Waals surface area contributed by atoms with Gasteiger partial charge in [-0.15, -0.1) is 0 Å². The summed E-state index contributed by atoms with van der Waals surface area (Å²) in [6.45, 7) is 17.3. The average molecular weight is 473 g/mol. The summed E-state index contributed by atoms with van der Waals surface area (Å²) in [5, 5.41) is 0. The molecule has 4 aliphatic rings. The van der Waals surface area contributed by atoms with Crippen LogP contribution in [0.25, 0.3) is 0 Å². The fourth-order valence-electron chi connectivity index (χ4n) is 9.31. The molecule has 0 aromatic rings. The maximum absolute atomic E-state index is 6.27. The second kappa shape index (κ2) is 11.4. The van der Waals surface area contributed by atoms with Crippen molar-refractivity contribution in [2.45, 2.75) is 125 Å². The van der Waals surface area contributed by atoms with E-state index in [1.807, 2.05) is 0 Å². The zero-order valence-electron chi connectivity index (χ0n) is 23.5. The van der Waals surface area contributed by atoms with Crippen LogP contribution < -0.4 is 0 Å². The maximum atomic E-state index is 6.27. The highest BCUT2D eigenvalue weighted by Gasteiger charge is 2.59. The molecule has 0 N–H and O–H groups in total. The van der Waals surface area contributed by atoms with E-state index >= 15 is 0 Å². The van der Waals surface area contributed by atoms with Crippen LogP contribution in [0.1, 0.15) is 119 Å². The van der Waals surface area contributed by atoms with Crippen molar-refractivity contribution in [2.24, 2.45) is 46.3 Å². The highest BCUT2D eigenvalue weighted by Crippen LogP contribution is 2.67. The molecule has 2 nitrogen and oxygen atoms in total. The smallest absolute Gasteiger partial charge is 0.0704 e. The molecule has 2 heteroatoms. The molecule has 3 fully saturated rings. The minimum absolute atomic E-state index is 0.414. The number of rotatable bonds is 11. The standard InChI is InChI=1S/C32H56O2/c1-7-19-33-20-21-34-26-15-17-31(5)25(22-26)11-12-27-29-14-13-28(24(4)10-8-9-23(2)3)32(29,6)18-16-30(27)31/h11,23-24,26-30H,7-10,12-22H2,1-6H3/t24-,26?,27+,28-,29+,30+,31?,32?/m1/s1. The molecule has 0 amide bonds. The van der Waals surface area contributed by atoms with Crippen molar-refractivity contribution in [2.75, 3.05) is 19.8 Å². The van der Waals surface area contributed by atoms with Gasteiger partial charge in [-0.25, -0.2) is 0 Å². The summed E-state index contributed by atoms with van der Waals surface area (Å²) in [5.41, 5.74) is 2.78. The molecule has 0 bridgehead atoms. The molecule has 0 aromatic heterocycles. The Labute approximate surface area is 212 Å². The summed E-state index contributed by atoms with van der Waals surface area (Å²) in [6, 6.07) is 0. The Bertz CT molecular complexity index is 682. The molecular formula is C32H56O2. The monoisotopic (exact) mass is 472 g/mol. The van der Waals surface area contributed by atoms with Gasteiger partial charge in [0.15, 0.2) is 0 Å². The van der Waals surface area contributed by atoms with Crippen LogP contribution in [0.15, 0.2) is 11.6 Å². The molecule has 4 rings (SSSR count). The minimum Gasteiger partial charge on any atom is -0.379 e. The molecule has 0 radical (unpaired) electrons. The molecule has 196 valence electrons. The highest BCUT2D eigenvalue weighted by molar-refractivity contribution is 5.25. The summed E-state index contributed by atoms with van der Waals surface area (Å²) in [4.78, 5) is 0. The lowest BCUT2D eigenvalue weighted by atomic mass is 9.47. The van der Waals surface area contributed by atoms with Gasteiger partial charge < -0.3 is 9.47 Å². The van der Waals surface area contributed by atoms with Gasteiger partial charge in [0.2, 0.25) is 0 Å². The number of fused-ring (bicyclic) bond motifs is 5. The predicted molar refractivity (Wildman–Crippen MR) is 144 cm³/mol. The highest BCUT2D eigenvalue weighted by atomic mass is 16.5. The Hall–Kier alpha value is -0.340. The van der Waals surface area contributed by atoms with Crippen molar-refractivity contribution in [1.82, 2.24) is 0 Å². The number of hydrogen-bond donors (Lipinski definition) is 0. The lowest BCUT2D eigenvalue weighted by Gasteiger charge is -2.58. The van der Waals surface area contributed by atoms with Crippen molar-refractivity contribution < 1.29 is 9.47 Å². The van der Waals surface area contributed by atoms with E-state index in [0.29, 0.717) is 16.9 Å². The van der Waals surface area contributed by atoms with E-state index in [1.54, 1.807) is 5.57 Å². The quantitative estimate of drug-likeness (QED) is 0.221. The van der Waals surface area contributed by atoms with Gasteiger partial charge in [0.05, 0.1) is 19.3 Å². The zero-order chi connectivity index (χ0) is 24.3. The molecule has 3 unspecified atom stereocenters. The van der Waals surface area contributed by atoms with E-state index in [4.69, 9.17) is 9.47 Å². The van der Waals surface area contributed by atoms with E-state index in [1.165, 1.54) is 70.6 Å². The second-order valence-electron chi connectivity index (χ2n) is 13.6. The van der Waals surface area contributed by atoms with Crippen LogP contribution in [0.3, 0.4) is 0 Å². The zero-order valence-corrected chi connectivity index (χ0v) is 23.5. The van der Waals surface area contributed by atoms with E-state index in [0.717, 1.165) is 61.7 Å². The van der Waals surface area contributed by atoms with Crippen LogP contribution in [-0.2, 0) is 9.47 Å². The number of allylic oxidation sites excluding steroid dienone is 1. The van der Waals surface area contributed by atoms with Crippen LogP contribution >= 0.6 is 0 Å². The van der Waals surface area contributed by atoms with Crippen LogP contribution in [0.5, 0.6) is 0 Å². The van der Waals surface area contributed by atoms with Gasteiger partial charge in [-0.05, 0) is 104 Å². The normalized spacial score (nSPS) is 40.4. The minimum atomic E-state index is 0.414. The van der Waals surface area contributed by atoms with Crippen LogP contribution in [-0.4, -0.2) is 25.9 Å². The summed E-state index contributed by atoms with van der Waals surface area (Å²) in [7, 11) is 0. The molecule has 0 spiro atoms. The van der Waals surface area contributed by atoms with Gasteiger partial charge >= 0.3 is 0 Å². The van der Waals surface area contributed by atoms with Gasteiger partial charge in [-0.2, -0.15) is 0 Å². The maximum Gasteiger partial charge on any atom is 0.0704 e. The first-order chi connectivity index (χ1) is 16.3. The van der Waals surface area contributed by atoms with E-state index < -0.39 is 0 Å². The molecule has 8 atom stereocenters. The molecule has 0 saturated heterocycles. The number of ether oxygens (including phenoxy) is 2. The third-order valence-corrected chi connectivity index (χ3v) is 11.2. The van der Waals surface area contributed by atoms with Gasteiger partial charge in [-0.1, -0.05) is 72.5 Å². The molecular weight excluding hydrogens is 416 g/mol. The van der Waals surface area contributed by atoms with Crippen LogP contribution in [0.2, 0.25) is 0 Å². The molecule has 3 saturated carbocycles.